The van der Waals surface area contributed by atoms with Gasteiger partial charge in [0.15, 0.2) is 6.61 Å². The fourth-order valence-corrected chi connectivity index (χ4v) is 2.05. The minimum absolute atomic E-state index is 0.191. The Hall–Kier alpha value is -1.96. The third kappa shape index (κ3) is 5.50. The van der Waals surface area contributed by atoms with Crippen molar-refractivity contribution in [3.63, 3.8) is 0 Å². The van der Waals surface area contributed by atoms with Gasteiger partial charge in [0.1, 0.15) is 5.82 Å². The van der Waals surface area contributed by atoms with E-state index in [-0.39, 0.29) is 18.3 Å². The second-order valence-electron chi connectivity index (χ2n) is 4.12. The van der Waals surface area contributed by atoms with Gasteiger partial charge in [0.25, 0.3) is 5.91 Å². The summed E-state index contributed by atoms with van der Waals surface area (Å²) in [6, 6.07) is 13.2. The summed E-state index contributed by atoms with van der Waals surface area (Å²) in [5.74, 6) is -0.613. The molecule has 6 heteroatoms. The Bertz CT molecular complexity index is 644. The minimum atomic E-state index is -0.315. The lowest BCUT2D eigenvalue weighted by atomic mass is 10.2. The van der Waals surface area contributed by atoms with E-state index in [1.165, 1.54) is 18.3 Å². The van der Waals surface area contributed by atoms with E-state index in [4.69, 9.17) is 4.84 Å². The van der Waals surface area contributed by atoms with E-state index >= 15 is 0 Å². The van der Waals surface area contributed by atoms with Crippen LogP contribution in [-0.4, -0.2) is 18.7 Å². The molecule has 1 amide bonds. The maximum absolute atomic E-state index is 12.7. The summed E-state index contributed by atoms with van der Waals surface area (Å²) >= 11 is 2.16. The number of amides is 1. The predicted octanol–water partition coefficient (Wildman–Crippen LogP) is 3.42. The molecule has 0 aromatic heterocycles. The molecule has 4 nitrogen and oxygen atoms in total. The molecule has 108 valence electrons. The average molecular weight is 398 g/mol. The van der Waals surface area contributed by atoms with Crippen molar-refractivity contribution >= 4 is 40.4 Å². The number of halogens is 2. The normalized spacial score (nSPS) is 10.6. The van der Waals surface area contributed by atoms with Crippen LogP contribution >= 0.6 is 22.6 Å². The minimum Gasteiger partial charge on any atom is -0.386 e. The van der Waals surface area contributed by atoms with Crippen LogP contribution in [0, 0.1) is 9.39 Å². The van der Waals surface area contributed by atoms with E-state index < -0.39 is 0 Å². The molecule has 0 fully saturated rings. The molecule has 0 bridgehead atoms. The Morgan fingerprint density at radius 2 is 2.05 bits per heavy atom. The lowest BCUT2D eigenvalue weighted by molar-refractivity contribution is -0.120. The third-order valence-corrected chi connectivity index (χ3v) is 3.12. The second-order valence-corrected chi connectivity index (χ2v) is 5.36. The Morgan fingerprint density at radius 3 is 2.76 bits per heavy atom. The molecule has 0 spiro atoms. The molecule has 21 heavy (non-hydrogen) atoms. The largest absolute Gasteiger partial charge is 0.386 e. The summed E-state index contributed by atoms with van der Waals surface area (Å²) in [5.41, 5.74) is 1.40. The number of carbonyl (C=O) groups is 1. The second kappa shape index (κ2) is 7.72. The van der Waals surface area contributed by atoms with Gasteiger partial charge in [-0.3, -0.25) is 4.79 Å². The van der Waals surface area contributed by atoms with Crippen molar-refractivity contribution in [2.75, 3.05) is 11.9 Å². The van der Waals surface area contributed by atoms with E-state index in [2.05, 4.69) is 33.1 Å². The van der Waals surface area contributed by atoms with Crippen LogP contribution in [-0.2, 0) is 9.63 Å². The number of nitrogens with one attached hydrogen (secondary N) is 1. The standard InChI is InChI=1S/C15H12FIN2O2/c16-12-6-4-11(5-7-12)9-18-21-10-15(20)19-14-3-1-2-13(17)8-14/h1-9H,10H2,(H,19,20)/b18-9+. The maximum atomic E-state index is 12.7. The molecule has 0 aliphatic heterocycles. The first-order valence-corrected chi connectivity index (χ1v) is 7.18. The molecule has 0 saturated carbocycles. The Balaban J connectivity index is 1.78. The van der Waals surface area contributed by atoms with Crippen molar-refractivity contribution in [2.45, 2.75) is 0 Å². The number of oxime groups is 1. The van der Waals surface area contributed by atoms with Crippen molar-refractivity contribution in [2.24, 2.45) is 5.16 Å². The van der Waals surface area contributed by atoms with Gasteiger partial charge in [0.2, 0.25) is 0 Å². The molecule has 0 heterocycles. The maximum Gasteiger partial charge on any atom is 0.265 e. The fraction of sp³-hybridized carbons (Fsp3) is 0.0667. The van der Waals surface area contributed by atoms with Gasteiger partial charge >= 0.3 is 0 Å². The van der Waals surface area contributed by atoms with Crippen LogP contribution < -0.4 is 5.32 Å². The number of rotatable bonds is 5. The van der Waals surface area contributed by atoms with Gasteiger partial charge in [-0.2, -0.15) is 0 Å². The molecule has 0 unspecified atom stereocenters. The number of benzene rings is 2. The van der Waals surface area contributed by atoms with Crippen LogP contribution in [0.25, 0.3) is 0 Å². The Kier molecular flexibility index (Phi) is 5.68. The summed E-state index contributed by atoms with van der Waals surface area (Å²) in [7, 11) is 0. The molecular weight excluding hydrogens is 386 g/mol. The van der Waals surface area contributed by atoms with Gasteiger partial charge in [-0.25, -0.2) is 4.39 Å². The average Bonchev–Trinajstić information content (AvgIpc) is 2.45. The van der Waals surface area contributed by atoms with Gasteiger partial charge in [0, 0.05) is 9.26 Å². The monoisotopic (exact) mass is 398 g/mol. The van der Waals surface area contributed by atoms with Crippen molar-refractivity contribution < 1.29 is 14.0 Å². The molecule has 0 aliphatic carbocycles. The highest BCUT2D eigenvalue weighted by molar-refractivity contribution is 14.1. The van der Waals surface area contributed by atoms with Crippen molar-refractivity contribution in [1.29, 1.82) is 0 Å². The van der Waals surface area contributed by atoms with Crippen LogP contribution in [0.1, 0.15) is 5.56 Å². The smallest absolute Gasteiger partial charge is 0.265 e. The first-order chi connectivity index (χ1) is 10.1. The van der Waals surface area contributed by atoms with Crippen LogP contribution in [0.15, 0.2) is 53.7 Å². The molecule has 2 aromatic rings. The lowest BCUT2D eigenvalue weighted by Crippen LogP contribution is -2.16. The van der Waals surface area contributed by atoms with E-state index in [0.29, 0.717) is 11.3 Å². The van der Waals surface area contributed by atoms with Crippen molar-refractivity contribution in [3.8, 4) is 0 Å². The number of hydrogen-bond donors (Lipinski definition) is 1. The van der Waals surface area contributed by atoms with Crippen LogP contribution in [0.2, 0.25) is 0 Å². The molecule has 2 rings (SSSR count). The van der Waals surface area contributed by atoms with E-state index in [0.717, 1.165) is 3.57 Å². The third-order valence-electron chi connectivity index (χ3n) is 2.45. The van der Waals surface area contributed by atoms with Gasteiger partial charge in [0.05, 0.1) is 6.21 Å². The molecule has 2 aromatic carbocycles. The highest BCUT2D eigenvalue weighted by Crippen LogP contribution is 2.12. The topological polar surface area (TPSA) is 50.7 Å². The number of nitrogens with zero attached hydrogens (tertiary/aromatic N) is 1. The highest BCUT2D eigenvalue weighted by atomic mass is 127. The quantitative estimate of drug-likeness (QED) is 0.477. The zero-order valence-electron chi connectivity index (χ0n) is 10.9. The Morgan fingerprint density at radius 1 is 1.29 bits per heavy atom. The van der Waals surface area contributed by atoms with Gasteiger partial charge < -0.3 is 10.2 Å². The van der Waals surface area contributed by atoms with E-state index in [1.54, 1.807) is 18.2 Å². The first-order valence-electron chi connectivity index (χ1n) is 6.10. The summed E-state index contributed by atoms with van der Waals surface area (Å²) in [6.45, 7) is -0.191. The summed E-state index contributed by atoms with van der Waals surface area (Å²) in [5, 5.41) is 6.36. The predicted molar refractivity (Wildman–Crippen MR) is 87.7 cm³/mol. The summed E-state index contributed by atoms with van der Waals surface area (Å²) in [6.07, 6.45) is 1.41. The van der Waals surface area contributed by atoms with E-state index in [9.17, 15) is 9.18 Å². The van der Waals surface area contributed by atoms with E-state index in [1.807, 2.05) is 18.2 Å². The van der Waals surface area contributed by atoms with Crippen LogP contribution in [0.3, 0.4) is 0 Å². The van der Waals surface area contributed by atoms with Crippen molar-refractivity contribution in [3.05, 3.63) is 63.5 Å². The first kappa shape index (κ1) is 15.4. The SMILES string of the molecule is O=C(CO/N=C/c1ccc(F)cc1)Nc1cccc(I)c1. The zero-order chi connectivity index (χ0) is 15.1. The van der Waals surface area contributed by atoms with Crippen LogP contribution in [0.4, 0.5) is 10.1 Å². The molecular formula is C15H12FIN2O2. The summed E-state index contributed by atoms with van der Waals surface area (Å²) < 4.78 is 13.7. The van der Waals surface area contributed by atoms with Crippen LogP contribution in [0.5, 0.6) is 0 Å². The molecule has 0 aliphatic rings. The molecule has 0 saturated heterocycles. The highest BCUT2D eigenvalue weighted by Gasteiger charge is 2.02. The zero-order valence-corrected chi connectivity index (χ0v) is 13.1. The molecule has 1 N–H and O–H groups in total. The number of anilines is 1. The number of hydrogen-bond acceptors (Lipinski definition) is 3. The summed E-state index contributed by atoms with van der Waals surface area (Å²) in [4.78, 5) is 16.5. The molecule has 0 radical (unpaired) electrons. The molecule has 0 atom stereocenters. The lowest BCUT2D eigenvalue weighted by Gasteiger charge is -2.04. The number of carbonyl (C=O) groups excluding carboxylic acids is 1. The Labute approximate surface area is 135 Å². The van der Waals surface area contributed by atoms with Gasteiger partial charge in [-0.05, 0) is 58.5 Å². The van der Waals surface area contributed by atoms with Crippen molar-refractivity contribution in [1.82, 2.24) is 0 Å². The fourth-order valence-electron chi connectivity index (χ4n) is 1.51. The van der Waals surface area contributed by atoms with Gasteiger partial charge in [-0.15, -0.1) is 0 Å². The van der Waals surface area contributed by atoms with Gasteiger partial charge in [-0.1, -0.05) is 23.4 Å².